The van der Waals surface area contributed by atoms with Crippen LogP contribution >= 0.6 is 11.6 Å². The smallest absolute Gasteiger partial charge is 0.317 e. The number of fused-ring (bicyclic) bond motifs is 2. The summed E-state index contributed by atoms with van der Waals surface area (Å²) >= 11 is 6.18. The molecule has 0 radical (unpaired) electrons. The minimum atomic E-state index is -0.253. The predicted octanol–water partition coefficient (Wildman–Crippen LogP) is 3.29. The van der Waals surface area contributed by atoms with E-state index in [4.69, 9.17) is 11.6 Å². The molecule has 1 aromatic heterocycles. The van der Waals surface area contributed by atoms with Crippen LogP contribution in [0.3, 0.4) is 0 Å². The maximum absolute atomic E-state index is 14.0. The molecule has 25 heavy (non-hydrogen) atoms. The first-order valence-electron chi connectivity index (χ1n) is 8.49. The normalized spacial score (nSPS) is 24.3. The van der Waals surface area contributed by atoms with Crippen molar-refractivity contribution >= 4 is 23.2 Å². The van der Waals surface area contributed by atoms with Crippen molar-refractivity contribution in [2.75, 3.05) is 26.7 Å². The molecule has 4 rings (SSSR count). The number of hydrogen-bond acceptors (Lipinski definition) is 3. The van der Waals surface area contributed by atoms with Crippen LogP contribution in [0.15, 0.2) is 36.5 Å². The lowest BCUT2D eigenvalue weighted by Gasteiger charge is -2.35. The molecule has 0 saturated carbocycles. The molecular formula is C19H20ClFN3O+. The Labute approximate surface area is 151 Å². The number of carbonyl (C=O) groups excluding carboxylic acids is 1. The van der Waals surface area contributed by atoms with E-state index in [9.17, 15) is 9.18 Å². The molecule has 1 unspecified atom stereocenters. The minimum Gasteiger partial charge on any atom is -0.317 e. The first-order chi connectivity index (χ1) is 12.0. The number of halogens is 2. The molecule has 3 heterocycles. The Hall–Kier alpha value is -1.82. The molecule has 1 spiro atoms. The zero-order valence-electron chi connectivity index (χ0n) is 14.1. The van der Waals surface area contributed by atoms with Crippen LogP contribution in [0.2, 0.25) is 5.15 Å². The third-order valence-corrected chi connectivity index (χ3v) is 5.98. The van der Waals surface area contributed by atoms with Crippen molar-refractivity contribution in [3.63, 3.8) is 0 Å². The summed E-state index contributed by atoms with van der Waals surface area (Å²) in [4.78, 5) is 17.4. The van der Waals surface area contributed by atoms with E-state index >= 15 is 0 Å². The summed E-state index contributed by atoms with van der Waals surface area (Å²) in [6.07, 6.45) is 3.36. The number of rotatable bonds is 1. The number of carbonyl (C=O) groups is 1. The van der Waals surface area contributed by atoms with Gasteiger partial charge in [0, 0.05) is 17.8 Å². The van der Waals surface area contributed by atoms with E-state index in [1.165, 1.54) is 6.07 Å². The predicted molar refractivity (Wildman–Crippen MR) is 96.3 cm³/mol. The summed E-state index contributed by atoms with van der Waals surface area (Å²) in [7, 11) is 1.90. The van der Waals surface area contributed by atoms with Gasteiger partial charge in [0.1, 0.15) is 28.8 Å². The van der Waals surface area contributed by atoms with Gasteiger partial charge in [-0.2, -0.15) is 0 Å². The molecule has 1 saturated heterocycles. The van der Waals surface area contributed by atoms with Crippen molar-refractivity contribution in [3.05, 3.63) is 58.6 Å². The second-order valence-electron chi connectivity index (χ2n) is 7.19. The summed E-state index contributed by atoms with van der Waals surface area (Å²) < 4.78 is 14.1. The highest BCUT2D eigenvalue weighted by atomic mass is 35.5. The summed E-state index contributed by atoms with van der Waals surface area (Å²) in [5, 5.41) is 3.57. The van der Waals surface area contributed by atoms with Crippen LogP contribution in [0.4, 0.5) is 10.1 Å². The van der Waals surface area contributed by atoms with Gasteiger partial charge in [0.2, 0.25) is 0 Å². The molecule has 1 amide bonds. The largest absolute Gasteiger partial charge is 0.353 e. The van der Waals surface area contributed by atoms with Crippen LogP contribution in [0.1, 0.15) is 28.8 Å². The van der Waals surface area contributed by atoms with Gasteiger partial charge in [-0.3, -0.25) is 0 Å². The molecule has 0 bridgehead atoms. The van der Waals surface area contributed by atoms with Gasteiger partial charge in [0.25, 0.3) is 0 Å². The number of aromatic nitrogens is 1. The Morgan fingerprint density at radius 1 is 1.32 bits per heavy atom. The van der Waals surface area contributed by atoms with Gasteiger partial charge in [0.05, 0.1) is 12.5 Å². The monoisotopic (exact) mass is 360 g/mol. The minimum absolute atomic E-state index is 0.0960. The van der Waals surface area contributed by atoms with Crippen molar-refractivity contribution in [2.24, 2.45) is 0 Å². The van der Waals surface area contributed by atoms with E-state index < -0.39 is 0 Å². The molecule has 2 aliphatic rings. The summed E-state index contributed by atoms with van der Waals surface area (Å²) in [6.45, 7) is 2.37. The number of quaternary nitrogens is 1. The summed E-state index contributed by atoms with van der Waals surface area (Å²) in [5.41, 5.74) is 2.06. The van der Waals surface area contributed by atoms with Gasteiger partial charge in [-0.05, 0) is 50.2 Å². The van der Waals surface area contributed by atoms with Crippen LogP contribution in [0.5, 0.6) is 0 Å². The van der Waals surface area contributed by atoms with E-state index in [2.05, 4.69) is 10.3 Å². The van der Waals surface area contributed by atoms with E-state index in [1.54, 1.807) is 30.5 Å². The van der Waals surface area contributed by atoms with Crippen LogP contribution in [0.25, 0.3) is 0 Å². The maximum atomic E-state index is 14.0. The number of hydrogen-bond donors (Lipinski definition) is 1. The lowest BCUT2D eigenvalue weighted by Crippen LogP contribution is -2.54. The Kier molecular flexibility index (Phi) is 3.90. The van der Waals surface area contributed by atoms with Crippen LogP contribution in [0, 0.1) is 5.82 Å². The van der Waals surface area contributed by atoms with E-state index in [0.717, 1.165) is 37.2 Å². The summed E-state index contributed by atoms with van der Waals surface area (Å²) in [6, 6.07) is 8.23. The van der Waals surface area contributed by atoms with Gasteiger partial charge < -0.3 is 5.32 Å². The fourth-order valence-electron chi connectivity index (χ4n) is 4.46. The highest BCUT2D eigenvalue weighted by Crippen LogP contribution is 2.50. The number of nitrogens with zero attached hydrogens (tertiary/aromatic N) is 2. The average molecular weight is 361 g/mol. The highest BCUT2D eigenvalue weighted by Gasteiger charge is 2.55. The van der Waals surface area contributed by atoms with Gasteiger partial charge in [-0.25, -0.2) is 18.7 Å². The first-order valence-corrected chi connectivity index (χ1v) is 8.86. The van der Waals surface area contributed by atoms with Gasteiger partial charge >= 0.3 is 5.91 Å². The van der Waals surface area contributed by atoms with Crippen molar-refractivity contribution in [3.8, 4) is 0 Å². The lowest BCUT2D eigenvalue weighted by atomic mass is 9.75. The molecule has 2 aromatic rings. The van der Waals surface area contributed by atoms with Crippen molar-refractivity contribution in [1.29, 1.82) is 0 Å². The zero-order valence-corrected chi connectivity index (χ0v) is 14.8. The molecule has 6 heteroatoms. The molecule has 130 valence electrons. The molecule has 2 aliphatic heterocycles. The lowest BCUT2D eigenvalue weighted by molar-refractivity contribution is 0.0781. The van der Waals surface area contributed by atoms with Crippen molar-refractivity contribution in [1.82, 2.24) is 14.8 Å². The maximum Gasteiger partial charge on any atom is 0.353 e. The zero-order chi connectivity index (χ0) is 17.7. The van der Waals surface area contributed by atoms with E-state index in [-0.39, 0.29) is 26.8 Å². The molecule has 1 fully saturated rings. The van der Waals surface area contributed by atoms with Gasteiger partial charge in [-0.15, -0.1) is 0 Å². The molecule has 0 aliphatic carbocycles. The Balaban J connectivity index is 1.86. The second-order valence-corrected chi connectivity index (χ2v) is 7.55. The molecule has 1 N–H and O–H groups in total. The van der Waals surface area contributed by atoms with Crippen LogP contribution in [-0.2, 0) is 5.41 Å². The van der Waals surface area contributed by atoms with E-state index in [0.29, 0.717) is 12.1 Å². The highest BCUT2D eigenvalue weighted by molar-refractivity contribution is 6.33. The number of nitrogens with one attached hydrogen (secondary N) is 1. The number of piperidine rings is 1. The van der Waals surface area contributed by atoms with E-state index in [1.807, 2.05) is 7.05 Å². The number of pyridine rings is 1. The quantitative estimate of drug-likeness (QED) is 0.627. The standard InChI is InChI=1S/C19H20ClFN3O/c1-24(18(25)14-3-2-8-23-17(14)20)12-19(6-9-22-10-7-19)15-11-13(21)4-5-16(15)24/h2-5,8,11,22H,6-7,9-10,12H2,1H3/q+1. The molecule has 1 aromatic carbocycles. The summed E-state index contributed by atoms with van der Waals surface area (Å²) in [5.74, 6) is -0.349. The number of amides is 1. The Morgan fingerprint density at radius 2 is 2.08 bits per heavy atom. The van der Waals surface area contributed by atoms with Crippen LogP contribution < -0.4 is 9.80 Å². The van der Waals surface area contributed by atoms with Crippen molar-refractivity contribution in [2.45, 2.75) is 18.3 Å². The number of likely N-dealkylation sites (N-methyl/N-ethyl adjacent to an activating group) is 1. The topological polar surface area (TPSA) is 42.0 Å². The third kappa shape index (κ3) is 2.49. The Morgan fingerprint density at radius 3 is 2.80 bits per heavy atom. The average Bonchev–Trinajstić information content (AvgIpc) is 2.84. The van der Waals surface area contributed by atoms with Gasteiger partial charge in [-0.1, -0.05) is 11.6 Å². The fraction of sp³-hybridized carbons (Fsp3) is 0.368. The SMILES string of the molecule is C[N+]1(C(=O)c2cccnc2Cl)CC2(CCNCC2)c2cc(F)ccc21. The third-order valence-electron chi connectivity index (χ3n) is 5.68. The number of benzene rings is 1. The molecule has 1 atom stereocenters. The fourth-order valence-corrected chi connectivity index (χ4v) is 4.66. The second kappa shape index (κ2) is 5.87. The Bertz CT molecular complexity index is 850. The van der Waals surface area contributed by atoms with Crippen LogP contribution in [-0.4, -0.2) is 37.6 Å². The van der Waals surface area contributed by atoms with Gasteiger partial charge in [0.15, 0.2) is 0 Å². The molecule has 4 nitrogen and oxygen atoms in total. The first kappa shape index (κ1) is 16.6. The van der Waals surface area contributed by atoms with Crippen molar-refractivity contribution < 1.29 is 9.18 Å². The molecular weight excluding hydrogens is 341 g/mol.